The van der Waals surface area contributed by atoms with Gasteiger partial charge in [-0.05, 0) is 37.0 Å². The van der Waals surface area contributed by atoms with E-state index in [9.17, 15) is 0 Å². The fourth-order valence-corrected chi connectivity index (χ4v) is 4.12. The molecule has 0 saturated heterocycles. The molecule has 0 aromatic rings. The predicted molar refractivity (Wildman–Crippen MR) is 74.6 cm³/mol. The Bertz CT molecular complexity index is 293. The van der Waals surface area contributed by atoms with Gasteiger partial charge in [-0.25, -0.2) is 0 Å². The minimum atomic E-state index is -0.00294. The average molecular weight is 236 g/mol. The Kier molecular flexibility index (Phi) is 3.96. The summed E-state index contributed by atoms with van der Waals surface area (Å²) < 4.78 is 0. The summed E-state index contributed by atoms with van der Waals surface area (Å²) in [7, 11) is 0. The van der Waals surface area contributed by atoms with Crippen LogP contribution in [0.15, 0.2) is 0 Å². The lowest BCUT2D eigenvalue weighted by Gasteiger charge is -2.52. The van der Waals surface area contributed by atoms with Gasteiger partial charge in [-0.2, -0.15) is 0 Å². The van der Waals surface area contributed by atoms with Crippen molar-refractivity contribution in [1.82, 2.24) is 5.32 Å². The first-order chi connectivity index (χ1) is 7.64. The quantitative estimate of drug-likeness (QED) is 0.739. The van der Waals surface area contributed by atoms with Gasteiger partial charge >= 0.3 is 0 Å². The van der Waals surface area contributed by atoms with E-state index in [0.29, 0.717) is 17.4 Å². The molecule has 3 N–H and O–H groups in total. The fourth-order valence-electron chi connectivity index (χ4n) is 4.12. The minimum absolute atomic E-state index is 0.00294. The van der Waals surface area contributed by atoms with E-state index >= 15 is 0 Å². The van der Waals surface area contributed by atoms with Crippen LogP contribution < -0.4 is 11.1 Å². The van der Waals surface area contributed by atoms with Crippen LogP contribution in [0.25, 0.3) is 0 Å². The van der Waals surface area contributed by atoms with E-state index in [0.717, 1.165) is 12.8 Å². The summed E-state index contributed by atoms with van der Waals surface area (Å²) in [5.74, 6) is 2.76. The normalized spacial score (nSPS) is 27.1. The van der Waals surface area contributed by atoms with Gasteiger partial charge in [-0.15, -0.1) is 6.42 Å². The molecule has 0 aromatic heterocycles. The first-order valence-corrected chi connectivity index (χ1v) is 6.58. The fraction of sp³-hybridized carbons (Fsp3) is 0.867. The van der Waals surface area contributed by atoms with Crippen LogP contribution in [0.3, 0.4) is 0 Å². The zero-order valence-electron chi connectivity index (χ0n) is 12.1. The van der Waals surface area contributed by atoms with Crippen LogP contribution in [-0.2, 0) is 0 Å². The lowest BCUT2D eigenvalue weighted by molar-refractivity contribution is 0.0303. The minimum Gasteiger partial charge on any atom is -0.329 e. The van der Waals surface area contributed by atoms with Crippen molar-refractivity contribution in [3.63, 3.8) is 0 Å². The Labute approximate surface area is 107 Å². The van der Waals surface area contributed by atoms with Crippen LogP contribution in [0.4, 0.5) is 0 Å². The molecule has 1 aliphatic carbocycles. The van der Waals surface area contributed by atoms with Crippen LogP contribution in [-0.4, -0.2) is 18.1 Å². The van der Waals surface area contributed by atoms with E-state index in [2.05, 4.69) is 38.9 Å². The van der Waals surface area contributed by atoms with Crippen molar-refractivity contribution in [2.75, 3.05) is 6.54 Å². The number of hydrogen-bond acceptors (Lipinski definition) is 2. The van der Waals surface area contributed by atoms with Crippen LogP contribution in [0.5, 0.6) is 0 Å². The summed E-state index contributed by atoms with van der Waals surface area (Å²) in [6.45, 7) is 12.0. The SMILES string of the molecule is C#CC(C)NC1(CN)CC(C)(C)CC(C)(C)C1. The van der Waals surface area contributed by atoms with Crippen molar-refractivity contribution in [3.8, 4) is 12.3 Å². The number of nitrogens with one attached hydrogen (secondary N) is 1. The monoisotopic (exact) mass is 236 g/mol. The van der Waals surface area contributed by atoms with Crippen molar-refractivity contribution in [2.24, 2.45) is 16.6 Å². The van der Waals surface area contributed by atoms with Crippen molar-refractivity contribution < 1.29 is 0 Å². The smallest absolute Gasteiger partial charge is 0.0663 e. The summed E-state index contributed by atoms with van der Waals surface area (Å²) in [4.78, 5) is 0. The number of hydrogen-bond donors (Lipinski definition) is 2. The molecule has 1 aliphatic rings. The zero-order chi connectivity index (χ0) is 13.3. The lowest BCUT2D eigenvalue weighted by Crippen LogP contribution is -2.61. The molecule has 0 radical (unpaired) electrons. The van der Waals surface area contributed by atoms with Gasteiger partial charge in [0.25, 0.3) is 0 Å². The summed E-state index contributed by atoms with van der Waals surface area (Å²) in [6.07, 6.45) is 8.93. The summed E-state index contributed by atoms with van der Waals surface area (Å²) in [5.41, 5.74) is 6.69. The Morgan fingerprint density at radius 1 is 1.18 bits per heavy atom. The lowest BCUT2D eigenvalue weighted by atomic mass is 9.58. The largest absolute Gasteiger partial charge is 0.329 e. The number of rotatable bonds is 3. The Balaban J connectivity index is 2.95. The molecule has 98 valence electrons. The van der Waals surface area contributed by atoms with Crippen LogP contribution in [0.1, 0.15) is 53.9 Å². The molecule has 1 atom stereocenters. The van der Waals surface area contributed by atoms with E-state index in [1.165, 1.54) is 6.42 Å². The van der Waals surface area contributed by atoms with E-state index in [1.807, 2.05) is 6.92 Å². The third kappa shape index (κ3) is 3.72. The highest BCUT2D eigenvalue weighted by Crippen LogP contribution is 2.49. The first kappa shape index (κ1) is 14.5. The van der Waals surface area contributed by atoms with E-state index in [-0.39, 0.29) is 11.6 Å². The second kappa shape index (κ2) is 4.63. The summed E-state index contributed by atoms with van der Waals surface area (Å²) >= 11 is 0. The predicted octanol–water partition coefficient (Wildman–Crippen LogP) is 2.53. The molecule has 2 heteroatoms. The standard InChI is InChI=1S/C15H28N2/c1-7-12(2)17-15(11-16)9-13(3,4)8-14(5,6)10-15/h1,12,17H,8-11,16H2,2-6H3. The molecule has 0 heterocycles. The van der Waals surface area contributed by atoms with E-state index in [1.54, 1.807) is 0 Å². The maximum Gasteiger partial charge on any atom is 0.0663 e. The van der Waals surface area contributed by atoms with Crippen molar-refractivity contribution in [1.29, 1.82) is 0 Å². The Hall–Kier alpha value is -0.520. The molecule has 1 fully saturated rings. The third-order valence-electron chi connectivity index (χ3n) is 3.75. The Morgan fingerprint density at radius 3 is 2.00 bits per heavy atom. The molecular formula is C15H28N2. The zero-order valence-corrected chi connectivity index (χ0v) is 12.1. The summed E-state index contributed by atoms with van der Waals surface area (Å²) in [6, 6.07) is 0.0863. The van der Waals surface area contributed by atoms with E-state index < -0.39 is 0 Å². The Morgan fingerprint density at radius 2 is 1.65 bits per heavy atom. The van der Waals surface area contributed by atoms with Gasteiger partial charge in [0.2, 0.25) is 0 Å². The van der Waals surface area contributed by atoms with Gasteiger partial charge < -0.3 is 5.73 Å². The summed E-state index contributed by atoms with van der Waals surface area (Å²) in [5, 5.41) is 3.58. The van der Waals surface area contributed by atoms with Crippen molar-refractivity contribution in [2.45, 2.75) is 65.5 Å². The topological polar surface area (TPSA) is 38.0 Å². The molecule has 17 heavy (non-hydrogen) atoms. The molecule has 2 nitrogen and oxygen atoms in total. The van der Waals surface area contributed by atoms with Gasteiger partial charge in [-0.3, -0.25) is 5.32 Å². The van der Waals surface area contributed by atoms with Gasteiger partial charge in [0, 0.05) is 12.1 Å². The van der Waals surface area contributed by atoms with Gasteiger partial charge in [0.15, 0.2) is 0 Å². The van der Waals surface area contributed by atoms with Crippen molar-refractivity contribution >= 4 is 0 Å². The van der Waals surface area contributed by atoms with Crippen LogP contribution in [0.2, 0.25) is 0 Å². The highest BCUT2D eigenvalue weighted by molar-refractivity contribution is 5.08. The molecule has 0 aromatic carbocycles. The third-order valence-corrected chi connectivity index (χ3v) is 3.75. The van der Waals surface area contributed by atoms with Gasteiger partial charge in [0.1, 0.15) is 0 Å². The average Bonchev–Trinajstić information content (AvgIpc) is 2.12. The highest BCUT2D eigenvalue weighted by Gasteiger charge is 2.46. The molecular weight excluding hydrogens is 208 g/mol. The maximum absolute atomic E-state index is 6.05. The van der Waals surface area contributed by atoms with E-state index in [4.69, 9.17) is 12.2 Å². The highest BCUT2D eigenvalue weighted by atomic mass is 15.0. The molecule has 1 saturated carbocycles. The number of nitrogens with two attached hydrogens (primary N) is 1. The second-order valence-corrected chi connectivity index (χ2v) is 7.38. The number of terminal acetylenes is 1. The first-order valence-electron chi connectivity index (χ1n) is 6.58. The van der Waals surface area contributed by atoms with Gasteiger partial charge in [-0.1, -0.05) is 33.6 Å². The molecule has 1 rings (SSSR count). The molecule has 0 bridgehead atoms. The molecule has 1 unspecified atom stereocenters. The van der Waals surface area contributed by atoms with Gasteiger partial charge in [0.05, 0.1) is 6.04 Å². The van der Waals surface area contributed by atoms with Crippen molar-refractivity contribution in [3.05, 3.63) is 0 Å². The molecule has 0 aliphatic heterocycles. The molecule has 0 amide bonds. The second-order valence-electron chi connectivity index (χ2n) is 7.38. The maximum atomic E-state index is 6.05. The molecule has 0 spiro atoms. The van der Waals surface area contributed by atoms with Crippen LogP contribution >= 0.6 is 0 Å². The van der Waals surface area contributed by atoms with Crippen LogP contribution in [0, 0.1) is 23.2 Å².